The molecule has 0 saturated heterocycles. The van der Waals surface area contributed by atoms with Gasteiger partial charge in [0.25, 0.3) is 0 Å². The first-order valence-electron chi connectivity index (χ1n) is 8.50. The summed E-state index contributed by atoms with van der Waals surface area (Å²) in [5, 5.41) is 26.4. The highest BCUT2D eigenvalue weighted by Crippen LogP contribution is 2.41. The van der Waals surface area contributed by atoms with Crippen molar-refractivity contribution in [1.29, 1.82) is 0 Å². The second kappa shape index (κ2) is 5.94. The number of rotatable bonds is 3. The maximum Gasteiger partial charge on any atom is 0.172 e. The molecule has 7 nitrogen and oxygen atoms in total. The zero-order chi connectivity index (χ0) is 18.4. The van der Waals surface area contributed by atoms with Gasteiger partial charge in [-0.3, -0.25) is 0 Å². The molecular formula is C19H20N4O3. The summed E-state index contributed by atoms with van der Waals surface area (Å²) in [4.78, 5) is 0. The van der Waals surface area contributed by atoms with E-state index in [2.05, 4.69) is 14.9 Å². The minimum Gasteiger partial charge on any atom is -0.508 e. The molecule has 0 unspecified atom stereocenters. The number of aryl methyl sites for hydroxylation is 2. The van der Waals surface area contributed by atoms with Crippen molar-refractivity contribution in [2.75, 3.05) is 0 Å². The zero-order valence-corrected chi connectivity index (χ0v) is 14.7. The van der Waals surface area contributed by atoms with Crippen LogP contribution < -0.4 is 5.73 Å². The van der Waals surface area contributed by atoms with E-state index in [1.54, 1.807) is 12.1 Å². The fraction of sp³-hybridized carbons (Fsp3) is 0.263. The molecule has 0 saturated carbocycles. The molecule has 3 aromatic rings. The molecule has 4 rings (SSSR count). The number of aromatic hydroxyl groups is 1. The van der Waals surface area contributed by atoms with Gasteiger partial charge in [0, 0.05) is 16.9 Å². The number of oxime groups is 1. The molecule has 26 heavy (non-hydrogen) atoms. The molecule has 0 aliphatic heterocycles. The summed E-state index contributed by atoms with van der Waals surface area (Å²) < 4.78 is 7.50. The van der Waals surface area contributed by atoms with E-state index >= 15 is 0 Å². The lowest BCUT2D eigenvalue weighted by Crippen LogP contribution is -2.16. The molecule has 2 aromatic heterocycles. The minimum atomic E-state index is 0.0793. The van der Waals surface area contributed by atoms with Crippen LogP contribution in [0.1, 0.15) is 34.7 Å². The Balaban J connectivity index is 2.12. The predicted molar refractivity (Wildman–Crippen MR) is 96.9 cm³/mol. The molecule has 134 valence electrons. The fourth-order valence-electron chi connectivity index (χ4n) is 3.90. The lowest BCUT2D eigenvalue weighted by Gasteiger charge is -2.14. The van der Waals surface area contributed by atoms with Gasteiger partial charge in [-0.05, 0) is 62.9 Å². The molecule has 0 amide bonds. The largest absolute Gasteiger partial charge is 0.508 e. The van der Waals surface area contributed by atoms with Gasteiger partial charge in [0.15, 0.2) is 5.84 Å². The Hall–Kier alpha value is -3.22. The van der Waals surface area contributed by atoms with Crippen molar-refractivity contribution in [3.05, 3.63) is 52.5 Å². The first kappa shape index (κ1) is 16.3. The number of amidine groups is 1. The molecule has 0 radical (unpaired) electrons. The Morgan fingerprint density at radius 3 is 2.58 bits per heavy atom. The van der Waals surface area contributed by atoms with E-state index in [9.17, 15) is 10.3 Å². The van der Waals surface area contributed by atoms with Crippen LogP contribution >= 0.6 is 0 Å². The van der Waals surface area contributed by atoms with Gasteiger partial charge in [0.1, 0.15) is 11.5 Å². The highest BCUT2D eigenvalue weighted by molar-refractivity contribution is 6.05. The summed E-state index contributed by atoms with van der Waals surface area (Å²) in [6.45, 7) is 3.73. The average Bonchev–Trinajstić information content (AvgIpc) is 3.29. The van der Waals surface area contributed by atoms with E-state index in [0.29, 0.717) is 5.76 Å². The van der Waals surface area contributed by atoms with Gasteiger partial charge in [0.2, 0.25) is 0 Å². The molecule has 0 spiro atoms. The third-order valence-electron chi connectivity index (χ3n) is 4.96. The van der Waals surface area contributed by atoms with Crippen LogP contribution in [0.2, 0.25) is 0 Å². The lowest BCUT2D eigenvalue weighted by atomic mass is 10.0. The quantitative estimate of drug-likeness (QED) is 0.290. The number of hydrogen-bond donors (Lipinski definition) is 3. The average molecular weight is 352 g/mol. The summed E-state index contributed by atoms with van der Waals surface area (Å²) in [5.41, 5.74) is 12.3. The fourth-order valence-corrected chi connectivity index (χ4v) is 3.90. The van der Waals surface area contributed by atoms with Crippen molar-refractivity contribution in [3.63, 3.8) is 0 Å². The van der Waals surface area contributed by atoms with Crippen LogP contribution in [0.4, 0.5) is 0 Å². The molecule has 0 atom stereocenters. The maximum absolute atomic E-state index is 9.66. The van der Waals surface area contributed by atoms with Crippen LogP contribution in [0.3, 0.4) is 0 Å². The van der Waals surface area contributed by atoms with Gasteiger partial charge >= 0.3 is 0 Å². The summed E-state index contributed by atoms with van der Waals surface area (Å²) in [5.74, 6) is 0.953. The van der Waals surface area contributed by atoms with Crippen molar-refractivity contribution in [1.82, 2.24) is 9.72 Å². The molecule has 1 aromatic carbocycles. The number of phenolic OH excluding ortho intramolecular Hbond substituents is 1. The monoisotopic (exact) mass is 352 g/mol. The zero-order valence-electron chi connectivity index (χ0n) is 14.7. The number of nitrogens with zero attached hydrogens (tertiary/aromatic N) is 3. The van der Waals surface area contributed by atoms with Crippen LogP contribution in [0.25, 0.3) is 16.9 Å². The smallest absolute Gasteiger partial charge is 0.172 e. The molecule has 1 aliphatic rings. The van der Waals surface area contributed by atoms with Crippen LogP contribution in [0.15, 0.2) is 33.9 Å². The van der Waals surface area contributed by atoms with E-state index in [1.807, 2.05) is 26.0 Å². The molecular weight excluding hydrogens is 332 g/mol. The SMILES string of the molecule is Cc1noc(C)c1-c1c(C(N)=NO)c2c(n1-c1ccc(O)cc1)CCC2. The van der Waals surface area contributed by atoms with Gasteiger partial charge in [0.05, 0.1) is 17.0 Å². The minimum absolute atomic E-state index is 0.0793. The first-order valence-corrected chi connectivity index (χ1v) is 8.50. The number of benzene rings is 1. The van der Waals surface area contributed by atoms with Crippen molar-refractivity contribution >= 4 is 5.84 Å². The summed E-state index contributed by atoms with van der Waals surface area (Å²) >= 11 is 0. The Bertz CT molecular complexity index is 993. The summed E-state index contributed by atoms with van der Waals surface area (Å²) in [6.07, 6.45) is 2.77. The van der Waals surface area contributed by atoms with Crippen molar-refractivity contribution in [2.45, 2.75) is 33.1 Å². The third-order valence-corrected chi connectivity index (χ3v) is 4.96. The third kappa shape index (κ3) is 2.28. The predicted octanol–water partition coefficient (Wildman–Crippen LogP) is 3.04. The second-order valence-electron chi connectivity index (χ2n) is 6.54. The lowest BCUT2D eigenvalue weighted by molar-refractivity contribution is 0.318. The summed E-state index contributed by atoms with van der Waals surface area (Å²) in [6, 6.07) is 7.01. The Labute approximate surface area is 150 Å². The number of hydrogen-bond acceptors (Lipinski definition) is 5. The Morgan fingerprint density at radius 2 is 1.96 bits per heavy atom. The van der Waals surface area contributed by atoms with Gasteiger partial charge in [-0.25, -0.2) is 0 Å². The number of nitrogens with two attached hydrogens (primary N) is 1. The van der Waals surface area contributed by atoms with Crippen molar-refractivity contribution < 1.29 is 14.8 Å². The van der Waals surface area contributed by atoms with Crippen molar-refractivity contribution in [2.24, 2.45) is 10.9 Å². The standard InChI is InChI=1S/C19H20N4O3/c1-10-16(11(2)26-22-10)18-17(19(20)21-25)14-4-3-5-15(14)23(18)12-6-8-13(24)9-7-12/h6-9,24-25H,3-5H2,1-2H3,(H2,20,21). The molecule has 7 heteroatoms. The van der Waals surface area contributed by atoms with E-state index in [4.69, 9.17) is 10.3 Å². The Morgan fingerprint density at radius 1 is 1.23 bits per heavy atom. The van der Waals surface area contributed by atoms with E-state index in [-0.39, 0.29) is 11.6 Å². The van der Waals surface area contributed by atoms with Gasteiger partial charge in [-0.2, -0.15) is 0 Å². The van der Waals surface area contributed by atoms with Crippen molar-refractivity contribution in [3.8, 4) is 22.7 Å². The highest BCUT2D eigenvalue weighted by atomic mass is 16.5. The normalized spacial score (nSPS) is 14.0. The van der Waals surface area contributed by atoms with E-state index in [0.717, 1.165) is 58.7 Å². The first-order chi connectivity index (χ1) is 12.5. The van der Waals surface area contributed by atoms with Crippen LogP contribution in [0.5, 0.6) is 5.75 Å². The molecule has 0 bridgehead atoms. The van der Waals surface area contributed by atoms with Crippen LogP contribution in [-0.2, 0) is 12.8 Å². The van der Waals surface area contributed by atoms with Gasteiger partial charge in [-0.15, -0.1) is 0 Å². The van der Waals surface area contributed by atoms with Gasteiger partial charge in [-0.1, -0.05) is 10.3 Å². The molecule has 2 heterocycles. The van der Waals surface area contributed by atoms with E-state index in [1.165, 1.54) is 0 Å². The van der Waals surface area contributed by atoms with Crippen LogP contribution in [0, 0.1) is 13.8 Å². The molecule has 0 fully saturated rings. The van der Waals surface area contributed by atoms with E-state index < -0.39 is 0 Å². The van der Waals surface area contributed by atoms with Gasteiger partial charge < -0.3 is 25.1 Å². The number of fused-ring (bicyclic) bond motifs is 1. The number of phenols is 1. The molecule has 4 N–H and O–H groups in total. The summed E-state index contributed by atoms with van der Waals surface area (Å²) in [7, 11) is 0. The molecule has 1 aliphatic carbocycles. The maximum atomic E-state index is 9.66. The van der Waals surface area contributed by atoms with Crippen LogP contribution in [-0.4, -0.2) is 25.9 Å². The second-order valence-corrected chi connectivity index (χ2v) is 6.54. The number of aromatic nitrogens is 2. The Kier molecular flexibility index (Phi) is 3.72. The topological polar surface area (TPSA) is 110 Å². The highest BCUT2D eigenvalue weighted by Gasteiger charge is 2.32.